The fourth-order valence-corrected chi connectivity index (χ4v) is 6.25. The first-order valence-electron chi connectivity index (χ1n) is 12.4. The molecule has 2 aromatic rings. The molecular weight excluding hydrogens is 483 g/mol. The number of nitrogens with zero attached hydrogens (tertiary/aromatic N) is 3. The van der Waals surface area contributed by atoms with Gasteiger partial charge in [0.05, 0.1) is 10.8 Å². The molecule has 3 aliphatic heterocycles. The first-order valence-corrected chi connectivity index (χ1v) is 12.8. The number of nitrogens with one attached hydrogen (secondary N) is 1. The van der Waals surface area contributed by atoms with Crippen molar-refractivity contribution in [2.75, 3.05) is 26.2 Å². The number of benzene rings is 1. The highest BCUT2D eigenvalue weighted by Gasteiger charge is 2.60. The number of amides is 3. The molecule has 0 saturated carbocycles. The number of fused-ring (bicyclic) bond motifs is 4. The lowest BCUT2D eigenvalue weighted by Gasteiger charge is -2.43. The predicted octanol–water partition coefficient (Wildman–Crippen LogP) is 5.00. The topological polar surface area (TPSA) is 79.9 Å². The van der Waals surface area contributed by atoms with Crippen LogP contribution in [0.15, 0.2) is 47.8 Å². The number of carbonyl (C=O) groups is 2. The zero-order chi connectivity index (χ0) is 25.2. The smallest absolute Gasteiger partial charge is 0.328 e. The van der Waals surface area contributed by atoms with Crippen LogP contribution in [0.1, 0.15) is 43.5 Å². The van der Waals surface area contributed by atoms with Crippen LogP contribution in [-0.4, -0.2) is 68.4 Å². The maximum atomic E-state index is 14.3. The third kappa shape index (κ3) is 3.50. The lowest BCUT2D eigenvalue weighted by atomic mass is 9.80. The monoisotopic (exact) mass is 510 g/mol. The van der Waals surface area contributed by atoms with Crippen LogP contribution in [0.3, 0.4) is 0 Å². The van der Waals surface area contributed by atoms with Crippen LogP contribution in [0.5, 0.6) is 0 Å². The first kappa shape index (κ1) is 23.3. The summed E-state index contributed by atoms with van der Waals surface area (Å²) in [5, 5.41) is 11.1. The second kappa shape index (κ2) is 8.49. The van der Waals surface area contributed by atoms with E-state index < -0.39 is 17.4 Å². The van der Waals surface area contributed by atoms with Gasteiger partial charge in [0.1, 0.15) is 17.4 Å². The number of aliphatic hydroxyl groups excluding tert-OH is 1. The first-order chi connectivity index (χ1) is 17.3. The molecule has 4 aliphatic rings. The Bertz CT molecular complexity index is 1380. The van der Waals surface area contributed by atoms with Crippen molar-refractivity contribution in [2.45, 2.75) is 44.2 Å². The average Bonchev–Trinajstić information content (AvgIpc) is 3.28. The van der Waals surface area contributed by atoms with Crippen LogP contribution in [0.2, 0.25) is 5.02 Å². The van der Waals surface area contributed by atoms with Gasteiger partial charge in [-0.15, -0.1) is 0 Å². The van der Waals surface area contributed by atoms with E-state index in [1.165, 1.54) is 11.0 Å². The Hall–Kier alpha value is -3.10. The van der Waals surface area contributed by atoms with Gasteiger partial charge in [-0.2, -0.15) is 0 Å². The van der Waals surface area contributed by atoms with Crippen LogP contribution in [0, 0.1) is 5.82 Å². The highest BCUT2D eigenvalue weighted by atomic mass is 35.5. The van der Waals surface area contributed by atoms with Gasteiger partial charge in [0, 0.05) is 55.6 Å². The summed E-state index contributed by atoms with van der Waals surface area (Å²) in [6, 6.07) is 1.98. The summed E-state index contributed by atoms with van der Waals surface area (Å²) in [5.74, 6) is -0.534. The molecule has 9 heteroatoms. The quantitative estimate of drug-likeness (QED) is 0.448. The van der Waals surface area contributed by atoms with Crippen LogP contribution < -0.4 is 0 Å². The van der Waals surface area contributed by atoms with Gasteiger partial charge in [-0.3, -0.25) is 19.5 Å². The molecule has 6 rings (SSSR count). The van der Waals surface area contributed by atoms with Crippen molar-refractivity contribution in [3.8, 4) is 0 Å². The van der Waals surface area contributed by atoms with Gasteiger partial charge in [0.15, 0.2) is 0 Å². The number of aromatic amines is 1. The summed E-state index contributed by atoms with van der Waals surface area (Å²) >= 11 is 6.14. The lowest BCUT2D eigenvalue weighted by molar-refractivity contribution is -0.133. The number of hydrogen-bond acceptors (Lipinski definition) is 4. The molecule has 1 aromatic carbocycles. The Kier molecular flexibility index (Phi) is 5.50. The van der Waals surface area contributed by atoms with E-state index >= 15 is 0 Å². The van der Waals surface area contributed by atoms with E-state index in [1.807, 2.05) is 13.0 Å². The maximum Gasteiger partial charge on any atom is 0.328 e. The van der Waals surface area contributed by atoms with E-state index in [4.69, 9.17) is 11.6 Å². The molecule has 0 spiro atoms. The van der Waals surface area contributed by atoms with Crippen molar-refractivity contribution in [2.24, 2.45) is 0 Å². The van der Waals surface area contributed by atoms with Crippen molar-refractivity contribution in [3.05, 3.63) is 69.9 Å². The third-order valence-corrected chi connectivity index (χ3v) is 8.21. The Morgan fingerprint density at radius 2 is 2.06 bits per heavy atom. The summed E-state index contributed by atoms with van der Waals surface area (Å²) in [6.45, 7) is 4.45. The molecule has 4 heterocycles. The fourth-order valence-electron chi connectivity index (χ4n) is 6.09. The molecule has 1 aromatic heterocycles. The SMILES string of the molecule is C[C@@]12Cc3c([nH]c4cc(F)c(Cl)cc34)[C@@H](C3=CCCC(O)=C3)N1C(=O)N(CCN1CC=CCC1)C2=O. The summed E-state index contributed by atoms with van der Waals surface area (Å²) in [4.78, 5) is 36.3. The summed E-state index contributed by atoms with van der Waals surface area (Å²) < 4.78 is 14.3. The Balaban J connectivity index is 1.45. The van der Waals surface area contributed by atoms with Gasteiger partial charge < -0.3 is 10.1 Å². The molecule has 0 radical (unpaired) electrons. The predicted molar refractivity (Wildman–Crippen MR) is 135 cm³/mol. The molecule has 3 amide bonds. The van der Waals surface area contributed by atoms with Crippen LogP contribution in [-0.2, 0) is 11.2 Å². The minimum Gasteiger partial charge on any atom is -0.512 e. The minimum atomic E-state index is -1.12. The molecule has 1 saturated heterocycles. The van der Waals surface area contributed by atoms with Gasteiger partial charge >= 0.3 is 6.03 Å². The number of H-pyrrole nitrogens is 1. The zero-order valence-electron chi connectivity index (χ0n) is 20.1. The standard InChI is InChI=1S/C27H28ClFN4O3/c1-27-15-19-18-13-20(28)21(29)14-22(18)30-23(19)24(16-6-5-7-17(34)12-16)33(27)26(36)32(25(27)35)11-10-31-8-3-2-4-9-31/h2-3,6,12-14,24,30,34H,4-5,7-11,15H2,1H3/t24-,27+/m1/s1. The third-order valence-electron chi connectivity index (χ3n) is 7.92. The number of urea groups is 1. The van der Waals surface area contributed by atoms with Gasteiger partial charge in [-0.1, -0.05) is 29.8 Å². The summed E-state index contributed by atoms with van der Waals surface area (Å²) in [6.07, 6.45) is 10.3. The average molecular weight is 511 g/mol. The van der Waals surface area contributed by atoms with Gasteiger partial charge in [0.25, 0.3) is 5.91 Å². The number of carbonyl (C=O) groups excluding carboxylic acids is 2. The zero-order valence-corrected chi connectivity index (χ0v) is 20.8. The van der Waals surface area contributed by atoms with E-state index in [9.17, 15) is 19.1 Å². The van der Waals surface area contributed by atoms with E-state index in [2.05, 4.69) is 22.0 Å². The maximum absolute atomic E-state index is 14.3. The lowest BCUT2D eigenvalue weighted by Crippen LogP contribution is -2.53. The van der Waals surface area contributed by atoms with Crippen molar-refractivity contribution in [1.82, 2.24) is 19.7 Å². The van der Waals surface area contributed by atoms with Gasteiger partial charge in [-0.25, -0.2) is 9.18 Å². The van der Waals surface area contributed by atoms with Crippen LogP contribution in [0.4, 0.5) is 9.18 Å². The molecule has 7 nitrogen and oxygen atoms in total. The van der Waals surface area contributed by atoms with E-state index in [-0.39, 0.29) is 29.1 Å². The molecule has 0 unspecified atom stereocenters. The highest BCUT2D eigenvalue weighted by molar-refractivity contribution is 6.31. The number of aromatic nitrogens is 1. The van der Waals surface area contributed by atoms with Gasteiger partial charge in [0.2, 0.25) is 0 Å². The molecule has 2 N–H and O–H groups in total. The Morgan fingerprint density at radius 1 is 1.22 bits per heavy atom. The summed E-state index contributed by atoms with van der Waals surface area (Å²) in [7, 11) is 0. The Morgan fingerprint density at radius 3 is 2.81 bits per heavy atom. The van der Waals surface area contributed by atoms with Crippen molar-refractivity contribution in [3.63, 3.8) is 0 Å². The van der Waals surface area contributed by atoms with Crippen LogP contribution in [0.25, 0.3) is 10.9 Å². The number of rotatable bonds is 4. The number of allylic oxidation sites excluding steroid dienone is 2. The van der Waals surface area contributed by atoms with Gasteiger partial charge in [-0.05, 0) is 49.1 Å². The second-order valence-corrected chi connectivity index (χ2v) is 10.6. The normalized spacial score (nSPS) is 26.4. The minimum absolute atomic E-state index is 0.00823. The number of halogens is 2. The molecule has 1 aliphatic carbocycles. The fraction of sp³-hybridized carbons (Fsp3) is 0.407. The van der Waals surface area contributed by atoms with Crippen molar-refractivity contribution < 1.29 is 19.1 Å². The molecule has 188 valence electrons. The molecular formula is C27H28ClFN4O3. The molecule has 0 bridgehead atoms. The van der Waals surface area contributed by atoms with Crippen molar-refractivity contribution >= 4 is 34.4 Å². The largest absolute Gasteiger partial charge is 0.512 e. The number of aliphatic hydroxyl groups is 1. The summed E-state index contributed by atoms with van der Waals surface area (Å²) in [5.41, 5.74) is 1.77. The Labute approximate surface area is 213 Å². The molecule has 36 heavy (non-hydrogen) atoms. The van der Waals surface area contributed by atoms with E-state index in [0.29, 0.717) is 31.4 Å². The number of imide groups is 1. The highest BCUT2D eigenvalue weighted by Crippen LogP contribution is 2.50. The van der Waals surface area contributed by atoms with E-state index in [1.54, 1.807) is 17.0 Å². The van der Waals surface area contributed by atoms with Crippen molar-refractivity contribution in [1.29, 1.82) is 0 Å². The molecule has 2 atom stereocenters. The van der Waals surface area contributed by atoms with Crippen LogP contribution >= 0.6 is 11.6 Å². The second-order valence-electron chi connectivity index (χ2n) is 10.2. The number of hydrogen-bond donors (Lipinski definition) is 2. The molecule has 1 fully saturated rings. The van der Waals surface area contributed by atoms with E-state index in [0.717, 1.165) is 41.7 Å².